The van der Waals surface area contributed by atoms with Gasteiger partial charge in [0, 0.05) is 0 Å². The van der Waals surface area contributed by atoms with Crippen molar-refractivity contribution >= 4 is 0 Å². The number of aliphatic hydroxyl groups is 1. The van der Waals surface area contributed by atoms with Crippen LogP contribution in [-0.2, 0) is 0 Å². The molecule has 2 atom stereocenters. The molecule has 1 N–H and O–H groups in total. The average molecular weight is 232 g/mol. The summed E-state index contributed by atoms with van der Waals surface area (Å²) >= 11 is 0. The van der Waals surface area contributed by atoms with Crippen molar-refractivity contribution in [1.82, 2.24) is 0 Å². The highest BCUT2D eigenvalue weighted by molar-refractivity contribution is 5.37. The first kappa shape index (κ1) is 11.1. The zero-order valence-corrected chi connectivity index (χ0v) is 10.1. The second kappa shape index (κ2) is 4.69. The smallest absolute Gasteiger partial charge is 0.122 e. The average Bonchev–Trinajstić information content (AvgIpc) is 2.27. The summed E-state index contributed by atoms with van der Waals surface area (Å²) in [6.07, 6.45) is 5.57. The summed E-state index contributed by atoms with van der Waals surface area (Å²) in [6.45, 7) is 0.791. The number of fused-ring (bicyclic) bond motifs is 1. The van der Waals surface area contributed by atoms with Gasteiger partial charge >= 0.3 is 0 Å². The highest BCUT2D eigenvalue weighted by Crippen LogP contribution is 2.39. The third-order valence-electron chi connectivity index (χ3n) is 4.30. The molecule has 0 amide bonds. The van der Waals surface area contributed by atoms with Gasteiger partial charge in [-0.25, -0.2) is 0 Å². The molecule has 2 unspecified atom stereocenters. The minimum absolute atomic E-state index is 0.111. The Balaban J connectivity index is 1.71. The highest BCUT2D eigenvalue weighted by Gasteiger charge is 2.30. The number of benzene rings is 1. The first-order chi connectivity index (χ1) is 8.34. The summed E-state index contributed by atoms with van der Waals surface area (Å²) in [5.41, 5.74) is 1.29. The Bertz CT molecular complexity index is 384. The van der Waals surface area contributed by atoms with E-state index in [0.717, 1.165) is 25.2 Å². The maximum atomic E-state index is 10.2. The van der Waals surface area contributed by atoms with Crippen LogP contribution in [0.1, 0.15) is 43.6 Å². The van der Waals surface area contributed by atoms with E-state index in [1.807, 2.05) is 12.1 Å². The lowest BCUT2D eigenvalue weighted by Gasteiger charge is -2.34. The van der Waals surface area contributed by atoms with Crippen LogP contribution in [0.3, 0.4) is 0 Å². The number of rotatable bonds is 3. The Kier molecular flexibility index (Phi) is 3.06. The second-order valence-corrected chi connectivity index (χ2v) is 5.37. The fourth-order valence-electron chi connectivity index (χ4n) is 2.97. The minimum Gasteiger partial charge on any atom is -0.493 e. The quantitative estimate of drug-likeness (QED) is 0.867. The van der Waals surface area contributed by atoms with Gasteiger partial charge in [-0.2, -0.15) is 0 Å². The predicted molar refractivity (Wildman–Crippen MR) is 67.3 cm³/mol. The lowest BCUT2D eigenvalue weighted by Crippen LogP contribution is -2.29. The van der Waals surface area contributed by atoms with Gasteiger partial charge in [-0.1, -0.05) is 24.6 Å². The summed E-state index contributed by atoms with van der Waals surface area (Å²) in [7, 11) is 0. The van der Waals surface area contributed by atoms with Gasteiger partial charge in [0.05, 0.1) is 12.7 Å². The van der Waals surface area contributed by atoms with Crippen LogP contribution in [0.4, 0.5) is 0 Å². The number of ether oxygens (including phenoxy) is 1. The van der Waals surface area contributed by atoms with Gasteiger partial charge in [0.2, 0.25) is 0 Å². The topological polar surface area (TPSA) is 29.5 Å². The molecular formula is C15H20O2. The van der Waals surface area contributed by atoms with E-state index < -0.39 is 0 Å². The van der Waals surface area contributed by atoms with Crippen LogP contribution in [0.15, 0.2) is 24.3 Å². The standard InChI is InChI=1S/C15H20O2/c16-14(11-4-3-5-11)10-12-8-9-17-15-7-2-1-6-13(12)15/h1-2,6-7,11-12,14,16H,3-5,8-10H2. The molecule has 0 bridgehead atoms. The number of hydrogen-bond acceptors (Lipinski definition) is 2. The molecule has 2 aliphatic rings. The monoisotopic (exact) mass is 232 g/mol. The molecule has 2 nitrogen and oxygen atoms in total. The Morgan fingerprint density at radius 1 is 1.24 bits per heavy atom. The largest absolute Gasteiger partial charge is 0.493 e. The van der Waals surface area contributed by atoms with E-state index in [1.54, 1.807) is 0 Å². The molecule has 3 rings (SSSR count). The SMILES string of the molecule is OC(CC1CCOc2ccccc21)C1CCC1. The van der Waals surface area contributed by atoms with E-state index in [1.165, 1.54) is 24.8 Å². The normalized spacial score (nSPS) is 25.6. The van der Waals surface area contributed by atoms with Crippen molar-refractivity contribution in [2.24, 2.45) is 5.92 Å². The van der Waals surface area contributed by atoms with Crippen molar-refractivity contribution in [1.29, 1.82) is 0 Å². The Morgan fingerprint density at radius 2 is 2.06 bits per heavy atom. The number of aliphatic hydroxyl groups excluding tert-OH is 1. The van der Waals surface area contributed by atoms with Crippen LogP contribution >= 0.6 is 0 Å². The molecule has 0 aromatic heterocycles. The fourth-order valence-corrected chi connectivity index (χ4v) is 2.97. The predicted octanol–water partition coefficient (Wildman–Crippen LogP) is 3.10. The van der Waals surface area contributed by atoms with Gasteiger partial charge in [0.15, 0.2) is 0 Å². The molecule has 1 saturated carbocycles. The minimum atomic E-state index is -0.111. The van der Waals surface area contributed by atoms with Crippen LogP contribution < -0.4 is 4.74 Å². The molecule has 0 radical (unpaired) electrons. The summed E-state index contributed by atoms with van der Waals surface area (Å²) in [6, 6.07) is 8.27. The summed E-state index contributed by atoms with van der Waals surface area (Å²) in [5, 5.41) is 10.2. The van der Waals surface area contributed by atoms with Gasteiger partial charge < -0.3 is 9.84 Å². The molecule has 1 aliphatic carbocycles. The van der Waals surface area contributed by atoms with Crippen LogP contribution in [0, 0.1) is 5.92 Å². The first-order valence-corrected chi connectivity index (χ1v) is 6.74. The summed E-state index contributed by atoms with van der Waals surface area (Å²) in [5.74, 6) is 2.06. The van der Waals surface area contributed by atoms with Crippen molar-refractivity contribution in [2.75, 3.05) is 6.61 Å². The van der Waals surface area contributed by atoms with Crippen LogP contribution in [0.5, 0.6) is 5.75 Å². The van der Waals surface area contributed by atoms with E-state index in [0.29, 0.717) is 11.8 Å². The third kappa shape index (κ3) is 2.19. The maximum Gasteiger partial charge on any atom is 0.122 e. The molecule has 1 fully saturated rings. The van der Waals surface area contributed by atoms with Gasteiger partial charge in [-0.15, -0.1) is 0 Å². The van der Waals surface area contributed by atoms with Crippen LogP contribution in [-0.4, -0.2) is 17.8 Å². The molecule has 1 aliphatic heterocycles. The molecular weight excluding hydrogens is 212 g/mol. The number of hydrogen-bond donors (Lipinski definition) is 1. The fraction of sp³-hybridized carbons (Fsp3) is 0.600. The van der Waals surface area contributed by atoms with Crippen molar-refractivity contribution in [3.05, 3.63) is 29.8 Å². The maximum absolute atomic E-state index is 10.2. The zero-order valence-electron chi connectivity index (χ0n) is 10.1. The molecule has 1 aromatic rings. The Morgan fingerprint density at radius 3 is 2.82 bits per heavy atom. The molecule has 1 aromatic carbocycles. The van der Waals surface area contributed by atoms with Gasteiger partial charge in [0.25, 0.3) is 0 Å². The second-order valence-electron chi connectivity index (χ2n) is 5.37. The van der Waals surface area contributed by atoms with Gasteiger partial charge in [-0.05, 0) is 49.1 Å². The van der Waals surface area contributed by atoms with Crippen LogP contribution in [0.2, 0.25) is 0 Å². The molecule has 92 valence electrons. The lowest BCUT2D eigenvalue weighted by molar-refractivity contribution is 0.0462. The van der Waals surface area contributed by atoms with Crippen molar-refractivity contribution in [2.45, 2.75) is 44.1 Å². The summed E-state index contributed by atoms with van der Waals surface area (Å²) in [4.78, 5) is 0. The van der Waals surface area contributed by atoms with Crippen LogP contribution in [0.25, 0.3) is 0 Å². The molecule has 17 heavy (non-hydrogen) atoms. The molecule has 2 heteroatoms. The first-order valence-electron chi connectivity index (χ1n) is 6.74. The Hall–Kier alpha value is -1.02. The van der Waals surface area contributed by atoms with Crippen molar-refractivity contribution in [3.8, 4) is 5.75 Å². The van der Waals surface area contributed by atoms with E-state index in [-0.39, 0.29) is 6.10 Å². The zero-order chi connectivity index (χ0) is 11.7. The van der Waals surface area contributed by atoms with E-state index in [4.69, 9.17) is 4.74 Å². The van der Waals surface area contributed by atoms with E-state index in [2.05, 4.69) is 12.1 Å². The highest BCUT2D eigenvalue weighted by atomic mass is 16.5. The van der Waals surface area contributed by atoms with Gasteiger partial charge in [-0.3, -0.25) is 0 Å². The molecule has 1 heterocycles. The van der Waals surface area contributed by atoms with Gasteiger partial charge in [0.1, 0.15) is 5.75 Å². The Labute approximate surface area is 103 Å². The molecule has 0 spiro atoms. The summed E-state index contributed by atoms with van der Waals surface area (Å²) < 4.78 is 5.65. The van der Waals surface area contributed by atoms with E-state index >= 15 is 0 Å². The molecule has 0 saturated heterocycles. The third-order valence-corrected chi connectivity index (χ3v) is 4.30. The lowest BCUT2D eigenvalue weighted by atomic mass is 9.76. The number of para-hydroxylation sites is 1. The van der Waals surface area contributed by atoms with Crippen molar-refractivity contribution in [3.63, 3.8) is 0 Å². The van der Waals surface area contributed by atoms with Crippen molar-refractivity contribution < 1.29 is 9.84 Å². The van der Waals surface area contributed by atoms with E-state index in [9.17, 15) is 5.11 Å².